The van der Waals surface area contributed by atoms with Gasteiger partial charge in [0.05, 0.1) is 28.0 Å². The third-order valence-corrected chi connectivity index (χ3v) is 13.2. The first-order valence-electron chi connectivity index (χ1n) is 21.8. The quantitative estimate of drug-likeness (QED) is 0.162. The average Bonchev–Trinajstić information content (AvgIpc) is 3.67. The van der Waals surface area contributed by atoms with E-state index in [0.29, 0.717) is 5.82 Å². The van der Waals surface area contributed by atoms with Gasteiger partial charge in [0.25, 0.3) is 0 Å². The van der Waals surface area contributed by atoms with Gasteiger partial charge in [0.15, 0.2) is 5.82 Å². The fraction of sp³-hybridized carbons (Fsp3) is 0.0167. The van der Waals surface area contributed by atoms with Crippen LogP contribution >= 0.6 is 0 Å². The van der Waals surface area contributed by atoms with Crippen molar-refractivity contribution in [1.29, 1.82) is 0 Å². The monoisotopic (exact) mass is 815 g/mol. The summed E-state index contributed by atoms with van der Waals surface area (Å²) in [5, 5.41) is 3.42. The Balaban J connectivity index is 1.02. The maximum Gasteiger partial charge on any atom is 0.160 e. The van der Waals surface area contributed by atoms with Crippen LogP contribution in [0.1, 0.15) is 22.3 Å². The van der Waals surface area contributed by atoms with Crippen LogP contribution in [-0.4, -0.2) is 15.0 Å². The van der Waals surface area contributed by atoms with E-state index in [-0.39, 0.29) is 0 Å². The molecule has 2 aliphatic rings. The number of fused-ring (bicyclic) bond motifs is 13. The number of rotatable bonds is 5. The van der Waals surface area contributed by atoms with Gasteiger partial charge in [0, 0.05) is 49.5 Å². The molecule has 0 radical (unpaired) electrons. The molecule has 2 aromatic heterocycles. The van der Waals surface area contributed by atoms with Gasteiger partial charge in [-0.05, 0) is 63.7 Å². The third kappa shape index (κ3) is 5.46. The van der Waals surface area contributed by atoms with E-state index in [9.17, 15) is 0 Å². The lowest BCUT2D eigenvalue weighted by Crippen LogP contribution is -2.32. The number of hydrogen-bond acceptors (Lipinski definition) is 4. The van der Waals surface area contributed by atoms with Gasteiger partial charge in [-0.1, -0.05) is 194 Å². The van der Waals surface area contributed by atoms with Crippen LogP contribution in [-0.2, 0) is 5.41 Å². The standard InChI is InChI=1S/C60H37N3O/c1-3-16-38(17-4-1)39-30-32-40(33-31-39)52-37-53(63-59(62-52)41-18-5-2-6-19-41)42-20-15-21-43(36-42)58-46-34-35-50-57(56(46)45-23-8-12-27-51(45)61-58)44-22-7-9-24-47(44)60(50)48-25-10-13-28-54(48)64-55-29-14-11-26-49(55)60/h1-37H. The Morgan fingerprint density at radius 3 is 1.66 bits per heavy atom. The largest absolute Gasteiger partial charge is 0.457 e. The zero-order valence-corrected chi connectivity index (χ0v) is 34.6. The first-order valence-corrected chi connectivity index (χ1v) is 21.8. The van der Waals surface area contributed by atoms with Crippen molar-refractivity contribution in [2.24, 2.45) is 0 Å². The molecule has 4 heteroatoms. The molecule has 11 aromatic rings. The molecule has 1 aliphatic heterocycles. The molecule has 13 rings (SSSR count). The highest BCUT2D eigenvalue weighted by molar-refractivity contribution is 6.19. The number of pyridine rings is 1. The molecule has 0 amide bonds. The molecular weight excluding hydrogens is 779 g/mol. The van der Waals surface area contributed by atoms with E-state index in [2.05, 4.69) is 200 Å². The van der Waals surface area contributed by atoms with Crippen molar-refractivity contribution in [2.45, 2.75) is 5.41 Å². The van der Waals surface area contributed by atoms with Crippen molar-refractivity contribution in [2.75, 3.05) is 0 Å². The molecule has 0 unspecified atom stereocenters. The molecule has 3 heterocycles. The SMILES string of the molecule is c1ccc(-c2ccc(-c3cc(-c4cccc(-c5nc6ccccc6c6c7c(ccc56)C5(c6ccccc6Oc6ccccc65)c5ccccc5-7)c4)nc(-c4ccccc4)n3)cc2)cc1. The van der Waals surface area contributed by atoms with Gasteiger partial charge in [-0.2, -0.15) is 0 Å². The Kier molecular flexibility index (Phi) is 8.09. The van der Waals surface area contributed by atoms with Crippen LogP contribution in [0.2, 0.25) is 0 Å². The lowest BCUT2D eigenvalue weighted by atomic mass is 9.66. The lowest BCUT2D eigenvalue weighted by molar-refractivity contribution is 0.436. The third-order valence-electron chi connectivity index (χ3n) is 13.2. The van der Waals surface area contributed by atoms with Gasteiger partial charge in [-0.3, -0.25) is 0 Å². The molecule has 0 N–H and O–H groups in total. The van der Waals surface area contributed by atoms with Crippen LogP contribution in [0, 0.1) is 0 Å². The number of para-hydroxylation sites is 3. The summed E-state index contributed by atoms with van der Waals surface area (Å²) in [6.45, 7) is 0. The maximum absolute atomic E-state index is 6.64. The van der Waals surface area contributed by atoms with Crippen LogP contribution < -0.4 is 4.74 Å². The molecule has 1 aliphatic carbocycles. The second kappa shape index (κ2) is 14.3. The summed E-state index contributed by atoms with van der Waals surface area (Å²) in [4.78, 5) is 15.8. The molecule has 0 bridgehead atoms. The predicted molar refractivity (Wildman–Crippen MR) is 259 cm³/mol. The smallest absolute Gasteiger partial charge is 0.160 e. The van der Waals surface area contributed by atoms with Crippen molar-refractivity contribution in [3.05, 3.63) is 247 Å². The summed E-state index contributed by atoms with van der Waals surface area (Å²) in [5.41, 5.74) is 16.6. The zero-order valence-electron chi connectivity index (χ0n) is 34.6. The molecule has 4 nitrogen and oxygen atoms in total. The second-order valence-electron chi connectivity index (χ2n) is 16.6. The fourth-order valence-corrected chi connectivity index (χ4v) is 10.4. The normalized spacial score (nSPS) is 12.9. The summed E-state index contributed by atoms with van der Waals surface area (Å²) in [7, 11) is 0. The molecule has 0 saturated heterocycles. The molecular formula is C60H37N3O. The summed E-state index contributed by atoms with van der Waals surface area (Å²) in [6, 6.07) is 79.4. The van der Waals surface area contributed by atoms with E-state index in [1.165, 1.54) is 33.2 Å². The summed E-state index contributed by atoms with van der Waals surface area (Å²) in [6.07, 6.45) is 0. The van der Waals surface area contributed by atoms with Crippen LogP contribution in [0.15, 0.2) is 224 Å². The van der Waals surface area contributed by atoms with Gasteiger partial charge in [-0.25, -0.2) is 15.0 Å². The highest BCUT2D eigenvalue weighted by Gasteiger charge is 2.51. The van der Waals surface area contributed by atoms with Gasteiger partial charge in [0.1, 0.15) is 11.5 Å². The van der Waals surface area contributed by atoms with Crippen molar-refractivity contribution in [3.63, 3.8) is 0 Å². The molecule has 0 atom stereocenters. The van der Waals surface area contributed by atoms with E-state index in [4.69, 9.17) is 19.7 Å². The second-order valence-corrected chi connectivity index (χ2v) is 16.6. The summed E-state index contributed by atoms with van der Waals surface area (Å²) >= 11 is 0. The van der Waals surface area contributed by atoms with Gasteiger partial charge < -0.3 is 4.74 Å². The molecule has 1 spiro atoms. The predicted octanol–water partition coefficient (Wildman–Crippen LogP) is 15.0. The van der Waals surface area contributed by atoms with Gasteiger partial charge in [-0.15, -0.1) is 0 Å². The minimum absolute atomic E-state index is 0.570. The molecule has 64 heavy (non-hydrogen) atoms. The Hall–Kier alpha value is -8.47. The van der Waals surface area contributed by atoms with Gasteiger partial charge >= 0.3 is 0 Å². The lowest BCUT2D eigenvalue weighted by Gasteiger charge is -2.39. The summed E-state index contributed by atoms with van der Waals surface area (Å²) < 4.78 is 6.64. The molecule has 0 fully saturated rings. The minimum atomic E-state index is -0.570. The Morgan fingerprint density at radius 2 is 0.906 bits per heavy atom. The molecule has 0 saturated carbocycles. The number of ether oxygens (including phenoxy) is 1. The van der Waals surface area contributed by atoms with E-state index in [1.807, 2.05) is 24.3 Å². The number of benzene rings is 9. The Morgan fingerprint density at radius 1 is 0.344 bits per heavy atom. The van der Waals surface area contributed by atoms with E-state index in [1.54, 1.807) is 0 Å². The Labute approximate surface area is 370 Å². The van der Waals surface area contributed by atoms with Crippen molar-refractivity contribution >= 4 is 21.7 Å². The number of aromatic nitrogens is 3. The Bertz CT molecular complexity index is 3590. The topological polar surface area (TPSA) is 47.9 Å². The first kappa shape index (κ1) is 36.2. The maximum atomic E-state index is 6.64. The molecule has 9 aromatic carbocycles. The zero-order chi connectivity index (χ0) is 42.2. The fourth-order valence-electron chi connectivity index (χ4n) is 10.4. The van der Waals surface area contributed by atoms with Gasteiger partial charge in [0.2, 0.25) is 0 Å². The van der Waals surface area contributed by atoms with Crippen LogP contribution in [0.4, 0.5) is 0 Å². The van der Waals surface area contributed by atoms with Crippen LogP contribution in [0.25, 0.3) is 89.1 Å². The summed E-state index contributed by atoms with van der Waals surface area (Å²) in [5.74, 6) is 2.45. The number of hydrogen-bond donors (Lipinski definition) is 0. The van der Waals surface area contributed by atoms with E-state index < -0.39 is 5.41 Å². The van der Waals surface area contributed by atoms with E-state index >= 15 is 0 Å². The van der Waals surface area contributed by atoms with E-state index in [0.717, 1.165) is 83.8 Å². The number of nitrogens with zero attached hydrogens (tertiary/aromatic N) is 3. The molecule has 298 valence electrons. The van der Waals surface area contributed by atoms with Crippen molar-refractivity contribution < 1.29 is 4.74 Å². The van der Waals surface area contributed by atoms with Crippen LogP contribution in [0.3, 0.4) is 0 Å². The minimum Gasteiger partial charge on any atom is -0.457 e. The van der Waals surface area contributed by atoms with Crippen molar-refractivity contribution in [3.8, 4) is 78.9 Å². The average molecular weight is 816 g/mol. The van der Waals surface area contributed by atoms with Crippen LogP contribution in [0.5, 0.6) is 11.5 Å². The first-order chi connectivity index (χ1) is 31.7. The highest BCUT2D eigenvalue weighted by atomic mass is 16.5. The van der Waals surface area contributed by atoms with Crippen molar-refractivity contribution in [1.82, 2.24) is 15.0 Å². The highest BCUT2D eigenvalue weighted by Crippen LogP contribution is 2.63.